The van der Waals surface area contributed by atoms with Crippen molar-refractivity contribution in [1.29, 1.82) is 0 Å². The topological polar surface area (TPSA) is 103 Å². The summed E-state index contributed by atoms with van der Waals surface area (Å²) >= 11 is 0. The second-order valence-electron chi connectivity index (χ2n) is 8.00. The average Bonchev–Trinajstić information content (AvgIpc) is 3.20. The van der Waals surface area contributed by atoms with Crippen LogP contribution in [-0.4, -0.2) is 40.2 Å². The Balaban J connectivity index is 1.71. The zero-order valence-electron chi connectivity index (χ0n) is 17.2. The number of hydrogen-bond acceptors (Lipinski definition) is 5. The number of para-hydroxylation sites is 2. The molecule has 31 heavy (non-hydrogen) atoms. The van der Waals surface area contributed by atoms with E-state index in [1.54, 1.807) is 16.6 Å². The van der Waals surface area contributed by atoms with Crippen molar-refractivity contribution in [3.63, 3.8) is 0 Å². The monoisotopic (exact) mass is 417 g/mol. The summed E-state index contributed by atoms with van der Waals surface area (Å²) < 4.78 is 7.91. The molecule has 2 amide bonds. The van der Waals surface area contributed by atoms with Crippen LogP contribution in [0.1, 0.15) is 34.8 Å². The van der Waals surface area contributed by atoms with Crippen LogP contribution in [0.15, 0.2) is 54.6 Å². The predicted molar refractivity (Wildman–Crippen MR) is 114 cm³/mol. The van der Waals surface area contributed by atoms with Gasteiger partial charge in [-0.2, -0.15) is 0 Å². The molecule has 1 aromatic heterocycles. The minimum absolute atomic E-state index is 0.0316. The Kier molecular flexibility index (Phi) is 4.50. The van der Waals surface area contributed by atoms with Crippen LogP contribution >= 0.6 is 0 Å². The molecule has 2 aromatic carbocycles. The van der Waals surface area contributed by atoms with Crippen LogP contribution in [0.5, 0.6) is 5.75 Å². The fraction of sp³-hybridized carbons (Fsp3) is 0.304. The number of primary amides is 1. The Bertz CT molecular complexity index is 1160. The molecule has 8 heteroatoms. The van der Waals surface area contributed by atoms with Gasteiger partial charge in [0.25, 0.3) is 5.91 Å². The maximum Gasteiger partial charge on any atom is 0.288 e. The first kappa shape index (κ1) is 19.3. The summed E-state index contributed by atoms with van der Waals surface area (Å²) in [6.45, 7) is 0.181. The largest absolute Gasteiger partial charge is 0.490 e. The number of rotatable bonds is 3. The first-order valence-corrected chi connectivity index (χ1v) is 10.3. The number of aromatic nitrogens is 3. The second kappa shape index (κ2) is 7.23. The molecular formula is C23H23N5O3. The van der Waals surface area contributed by atoms with Gasteiger partial charge < -0.3 is 15.4 Å². The third kappa shape index (κ3) is 2.90. The van der Waals surface area contributed by atoms with Crippen LogP contribution < -0.4 is 15.4 Å². The third-order valence-corrected chi connectivity index (χ3v) is 6.34. The number of nitrogens with zero attached hydrogens (tertiary/aromatic N) is 4. The van der Waals surface area contributed by atoms with Gasteiger partial charge in [-0.3, -0.25) is 9.59 Å². The standard InChI is InChI=1S/C23H23N5O3/c1-27-17-10-5-6-11-18(17)31-14-16(22(27)30)23(15-8-3-2-4-9-15)13-7-12-19-25-21(20(24)29)26-28(19)23/h2-6,8-11,16H,7,12-14H2,1H3,(H2,24,29)/t16-,23?/m0/s1. The molecule has 2 atom stereocenters. The molecule has 158 valence electrons. The Morgan fingerprint density at radius 2 is 1.90 bits per heavy atom. The van der Waals surface area contributed by atoms with Crippen molar-refractivity contribution in [3.05, 3.63) is 71.8 Å². The van der Waals surface area contributed by atoms with Crippen LogP contribution in [0.3, 0.4) is 0 Å². The summed E-state index contributed by atoms with van der Waals surface area (Å²) in [5, 5.41) is 4.50. The quantitative estimate of drug-likeness (QED) is 0.703. The van der Waals surface area contributed by atoms with E-state index < -0.39 is 17.4 Å². The van der Waals surface area contributed by atoms with Gasteiger partial charge in [0.1, 0.15) is 29.6 Å². The summed E-state index contributed by atoms with van der Waals surface area (Å²) in [6.07, 6.45) is 2.12. The highest BCUT2D eigenvalue weighted by Gasteiger charge is 2.52. The van der Waals surface area contributed by atoms with E-state index in [0.29, 0.717) is 24.4 Å². The van der Waals surface area contributed by atoms with Crippen LogP contribution in [-0.2, 0) is 16.8 Å². The maximum absolute atomic E-state index is 13.8. The number of benzene rings is 2. The fourth-order valence-corrected chi connectivity index (χ4v) is 4.86. The van der Waals surface area contributed by atoms with Gasteiger partial charge in [-0.15, -0.1) is 5.10 Å². The van der Waals surface area contributed by atoms with E-state index in [-0.39, 0.29) is 18.3 Å². The summed E-state index contributed by atoms with van der Waals surface area (Å²) in [4.78, 5) is 31.7. The number of aryl methyl sites for hydroxylation is 1. The molecule has 8 nitrogen and oxygen atoms in total. The molecule has 3 aromatic rings. The number of carbonyl (C=O) groups excluding carboxylic acids is 2. The Morgan fingerprint density at radius 1 is 1.16 bits per heavy atom. The first-order valence-electron chi connectivity index (χ1n) is 10.3. The lowest BCUT2D eigenvalue weighted by atomic mass is 9.72. The lowest BCUT2D eigenvalue weighted by Crippen LogP contribution is -2.54. The second-order valence-corrected chi connectivity index (χ2v) is 8.00. The minimum atomic E-state index is -0.844. The third-order valence-electron chi connectivity index (χ3n) is 6.34. The van der Waals surface area contributed by atoms with Crippen molar-refractivity contribution in [1.82, 2.24) is 14.8 Å². The molecule has 2 aliphatic heterocycles. The van der Waals surface area contributed by atoms with Crippen LogP contribution in [0, 0.1) is 5.92 Å². The van der Waals surface area contributed by atoms with Gasteiger partial charge >= 0.3 is 0 Å². The van der Waals surface area contributed by atoms with E-state index in [4.69, 9.17) is 10.5 Å². The zero-order chi connectivity index (χ0) is 21.6. The van der Waals surface area contributed by atoms with Crippen LogP contribution in [0.25, 0.3) is 0 Å². The van der Waals surface area contributed by atoms with Gasteiger partial charge in [0.15, 0.2) is 0 Å². The van der Waals surface area contributed by atoms with E-state index in [1.165, 1.54) is 0 Å². The zero-order valence-corrected chi connectivity index (χ0v) is 17.2. The van der Waals surface area contributed by atoms with Crippen molar-refractivity contribution in [3.8, 4) is 5.75 Å². The van der Waals surface area contributed by atoms with Gasteiger partial charge in [-0.05, 0) is 30.5 Å². The van der Waals surface area contributed by atoms with Gasteiger partial charge in [0, 0.05) is 13.5 Å². The van der Waals surface area contributed by atoms with Crippen molar-refractivity contribution < 1.29 is 14.3 Å². The number of fused-ring (bicyclic) bond motifs is 2. The van der Waals surface area contributed by atoms with Gasteiger partial charge in [0.2, 0.25) is 11.7 Å². The summed E-state index contributed by atoms with van der Waals surface area (Å²) in [7, 11) is 1.77. The lowest BCUT2D eigenvalue weighted by molar-refractivity contribution is -0.126. The molecule has 0 radical (unpaired) electrons. The molecule has 0 bridgehead atoms. The fourth-order valence-electron chi connectivity index (χ4n) is 4.86. The predicted octanol–water partition coefficient (Wildman–Crippen LogP) is 2.13. The average molecular weight is 417 g/mol. The number of amides is 2. The minimum Gasteiger partial charge on any atom is -0.490 e. The van der Waals surface area contributed by atoms with E-state index in [9.17, 15) is 9.59 Å². The van der Waals surface area contributed by atoms with Crippen molar-refractivity contribution in [2.75, 3.05) is 18.6 Å². The first-order chi connectivity index (χ1) is 15.0. The summed E-state index contributed by atoms with van der Waals surface area (Å²) in [5.74, 6) is -0.0446. The van der Waals surface area contributed by atoms with E-state index in [1.807, 2.05) is 54.6 Å². The maximum atomic E-state index is 13.8. The molecule has 2 N–H and O–H groups in total. The van der Waals surface area contributed by atoms with Gasteiger partial charge in [-0.25, -0.2) is 9.67 Å². The SMILES string of the molecule is CN1C(=O)[C@@H](C2(c3ccccc3)CCCc3nc(C(N)=O)nn32)COc2ccccc21. The lowest BCUT2D eigenvalue weighted by Gasteiger charge is -2.43. The van der Waals surface area contributed by atoms with Crippen LogP contribution in [0.4, 0.5) is 5.69 Å². The summed E-state index contributed by atoms with van der Waals surface area (Å²) in [6, 6.07) is 17.3. The Morgan fingerprint density at radius 3 is 2.68 bits per heavy atom. The molecule has 2 aliphatic rings. The highest BCUT2D eigenvalue weighted by atomic mass is 16.5. The number of hydrogen-bond donors (Lipinski definition) is 1. The smallest absolute Gasteiger partial charge is 0.288 e. The van der Waals surface area contributed by atoms with Crippen molar-refractivity contribution in [2.24, 2.45) is 11.7 Å². The van der Waals surface area contributed by atoms with E-state index >= 15 is 0 Å². The summed E-state index contributed by atoms with van der Waals surface area (Å²) in [5.41, 5.74) is 6.30. The molecule has 1 unspecified atom stereocenters. The molecule has 0 fully saturated rings. The highest BCUT2D eigenvalue weighted by molar-refractivity contribution is 5.97. The molecule has 0 spiro atoms. The normalized spacial score (nSPS) is 22.8. The number of anilines is 1. The van der Waals surface area contributed by atoms with Gasteiger partial charge in [0.05, 0.1) is 5.69 Å². The van der Waals surface area contributed by atoms with E-state index in [0.717, 1.165) is 17.7 Å². The molecular weight excluding hydrogens is 394 g/mol. The van der Waals surface area contributed by atoms with Crippen molar-refractivity contribution in [2.45, 2.75) is 24.8 Å². The highest BCUT2D eigenvalue weighted by Crippen LogP contribution is 2.45. The molecule has 0 saturated carbocycles. The Hall–Kier alpha value is -3.68. The molecule has 0 aliphatic carbocycles. The molecule has 0 saturated heterocycles. The van der Waals surface area contributed by atoms with Crippen molar-refractivity contribution >= 4 is 17.5 Å². The molecule has 5 rings (SSSR count). The number of carbonyl (C=O) groups is 2. The van der Waals surface area contributed by atoms with E-state index in [2.05, 4.69) is 10.1 Å². The van der Waals surface area contributed by atoms with Gasteiger partial charge in [-0.1, -0.05) is 42.5 Å². The molecule has 3 heterocycles. The number of ether oxygens (including phenoxy) is 1. The number of nitrogens with two attached hydrogens (primary N) is 1. The van der Waals surface area contributed by atoms with Crippen LogP contribution in [0.2, 0.25) is 0 Å². The Labute approximate surface area is 179 Å².